The summed E-state index contributed by atoms with van der Waals surface area (Å²) in [5.41, 5.74) is 6.59. The largest absolute Gasteiger partial charge is 0.493 e. The second kappa shape index (κ2) is 5.73. The van der Waals surface area contributed by atoms with Crippen LogP contribution in [0, 0.1) is 0 Å². The first-order valence-electron chi connectivity index (χ1n) is 7.08. The van der Waals surface area contributed by atoms with E-state index in [1.807, 2.05) is 0 Å². The van der Waals surface area contributed by atoms with Crippen molar-refractivity contribution in [3.8, 4) is 11.5 Å². The van der Waals surface area contributed by atoms with Crippen LogP contribution in [0.25, 0.3) is 10.9 Å². The second-order valence-electron chi connectivity index (χ2n) is 5.40. The highest BCUT2D eigenvalue weighted by Crippen LogP contribution is 2.33. The predicted molar refractivity (Wildman–Crippen MR) is 87.7 cm³/mol. The highest BCUT2D eigenvalue weighted by atomic mass is 32.2. The van der Waals surface area contributed by atoms with E-state index in [4.69, 9.17) is 15.2 Å². The molecule has 1 saturated heterocycles. The molecule has 0 aliphatic carbocycles. The van der Waals surface area contributed by atoms with Gasteiger partial charge in [0.15, 0.2) is 21.3 Å². The molecule has 1 aliphatic heterocycles. The Morgan fingerprint density at radius 3 is 2.52 bits per heavy atom. The SMILES string of the molecule is COc1cc2nc(N[C@H]3CCS(=O)(=O)C3)nc(N)c2cc1OC. The number of anilines is 2. The summed E-state index contributed by atoms with van der Waals surface area (Å²) in [6, 6.07) is 3.23. The van der Waals surface area contributed by atoms with Gasteiger partial charge in [0, 0.05) is 17.5 Å². The van der Waals surface area contributed by atoms with Crippen molar-refractivity contribution >= 4 is 32.5 Å². The van der Waals surface area contributed by atoms with E-state index in [0.717, 1.165) is 0 Å². The lowest BCUT2D eigenvalue weighted by Gasteiger charge is -2.13. The van der Waals surface area contributed by atoms with Crippen molar-refractivity contribution in [1.29, 1.82) is 0 Å². The molecule has 0 saturated carbocycles. The zero-order valence-electron chi connectivity index (χ0n) is 12.9. The lowest BCUT2D eigenvalue weighted by molar-refractivity contribution is 0.356. The van der Waals surface area contributed by atoms with Gasteiger partial charge in [-0.3, -0.25) is 0 Å². The molecule has 9 heteroatoms. The van der Waals surface area contributed by atoms with Gasteiger partial charge in [-0.25, -0.2) is 13.4 Å². The molecule has 2 aromatic rings. The van der Waals surface area contributed by atoms with Crippen molar-refractivity contribution in [2.75, 3.05) is 36.8 Å². The fourth-order valence-corrected chi connectivity index (χ4v) is 4.31. The molecule has 1 aromatic heterocycles. The molecule has 3 N–H and O–H groups in total. The molecule has 0 radical (unpaired) electrons. The molecular weight excluding hydrogens is 320 g/mol. The van der Waals surface area contributed by atoms with Crippen LogP contribution in [-0.2, 0) is 9.84 Å². The second-order valence-corrected chi connectivity index (χ2v) is 7.63. The van der Waals surface area contributed by atoms with Crippen molar-refractivity contribution in [3.05, 3.63) is 12.1 Å². The molecule has 124 valence electrons. The third-order valence-corrected chi connectivity index (χ3v) is 5.56. The number of rotatable bonds is 4. The summed E-state index contributed by atoms with van der Waals surface area (Å²) in [6.07, 6.45) is 0.537. The Kier molecular flexibility index (Phi) is 3.88. The first kappa shape index (κ1) is 15.6. The molecule has 1 fully saturated rings. The Hall–Kier alpha value is -2.29. The van der Waals surface area contributed by atoms with Gasteiger partial charge in [-0.05, 0) is 12.5 Å². The van der Waals surface area contributed by atoms with Crippen LogP contribution in [0.5, 0.6) is 11.5 Å². The summed E-state index contributed by atoms with van der Waals surface area (Å²) in [5.74, 6) is 1.94. The number of aromatic nitrogens is 2. The Labute approximate surface area is 133 Å². The summed E-state index contributed by atoms with van der Waals surface area (Å²) >= 11 is 0. The number of nitrogens with two attached hydrogens (primary N) is 1. The number of hydrogen-bond acceptors (Lipinski definition) is 8. The van der Waals surface area contributed by atoms with Gasteiger partial charge < -0.3 is 20.5 Å². The number of hydrogen-bond donors (Lipinski definition) is 2. The van der Waals surface area contributed by atoms with Gasteiger partial charge in [0.1, 0.15) is 5.82 Å². The molecule has 1 aromatic carbocycles. The Morgan fingerprint density at radius 1 is 1.22 bits per heavy atom. The van der Waals surface area contributed by atoms with Crippen LogP contribution in [0.4, 0.5) is 11.8 Å². The number of methoxy groups -OCH3 is 2. The third kappa shape index (κ3) is 3.09. The van der Waals surface area contributed by atoms with Crippen LogP contribution >= 0.6 is 0 Å². The fourth-order valence-electron chi connectivity index (χ4n) is 2.64. The van der Waals surface area contributed by atoms with Crippen molar-refractivity contribution in [1.82, 2.24) is 9.97 Å². The monoisotopic (exact) mass is 338 g/mol. The normalized spacial score (nSPS) is 19.7. The maximum absolute atomic E-state index is 11.5. The average Bonchev–Trinajstić information content (AvgIpc) is 2.84. The van der Waals surface area contributed by atoms with Crippen LogP contribution in [-0.4, -0.2) is 50.2 Å². The van der Waals surface area contributed by atoms with E-state index in [9.17, 15) is 8.42 Å². The summed E-state index contributed by atoms with van der Waals surface area (Å²) in [5, 5.41) is 3.69. The van der Waals surface area contributed by atoms with Gasteiger partial charge >= 0.3 is 0 Å². The molecule has 8 nitrogen and oxygen atoms in total. The molecule has 0 amide bonds. The minimum absolute atomic E-state index is 0.0836. The molecule has 3 rings (SSSR count). The quantitative estimate of drug-likeness (QED) is 0.842. The summed E-state index contributed by atoms with van der Waals surface area (Å²) in [4.78, 5) is 8.61. The van der Waals surface area contributed by atoms with Gasteiger partial charge in [-0.1, -0.05) is 0 Å². The number of nitrogens with one attached hydrogen (secondary N) is 1. The number of nitrogen functional groups attached to an aromatic ring is 1. The van der Waals surface area contributed by atoms with Crippen molar-refractivity contribution < 1.29 is 17.9 Å². The molecular formula is C14H18N4O4S. The standard InChI is InChI=1S/C14H18N4O4S/c1-21-11-5-9-10(6-12(11)22-2)17-14(18-13(9)15)16-8-3-4-23(19,20)7-8/h5-6,8H,3-4,7H2,1-2H3,(H3,15,16,17,18)/t8-/m0/s1. The number of benzene rings is 1. The van der Waals surface area contributed by atoms with E-state index in [1.165, 1.54) is 14.2 Å². The molecule has 0 bridgehead atoms. The molecule has 1 aliphatic rings. The van der Waals surface area contributed by atoms with Crippen LogP contribution < -0.4 is 20.5 Å². The third-order valence-electron chi connectivity index (χ3n) is 3.80. The molecule has 1 atom stereocenters. The molecule has 0 unspecified atom stereocenters. The smallest absolute Gasteiger partial charge is 0.225 e. The van der Waals surface area contributed by atoms with Gasteiger partial charge in [0.2, 0.25) is 5.95 Å². The topological polar surface area (TPSA) is 116 Å². The number of fused-ring (bicyclic) bond motifs is 1. The minimum Gasteiger partial charge on any atom is -0.493 e. The first-order chi connectivity index (χ1) is 10.9. The number of ether oxygens (including phenoxy) is 2. The summed E-state index contributed by atoms with van der Waals surface area (Å²) < 4.78 is 33.6. The van der Waals surface area contributed by atoms with Gasteiger partial charge in [0.25, 0.3) is 0 Å². The van der Waals surface area contributed by atoms with Gasteiger partial charge in [-0.2, -0.15) is 4.98 Å². The van der Waals surface area contributed by atoms with E-state index < -0.39 is 9.84 Å². The van der Waals surface area contributed by atoms with E-state index in [2.05, 4.69) is 15.3 Å². The van der Waals surface area contributed by atoms with E-state index in [-0.39, 0.29) is 17.5 Å². The Balaban J connectivity index is 1.97. The van der Waals surface area contributed by atoms with Crippen LogP contribution in [0.15, 0.2) is 12.1 Å². The first-order valence-corrected chi connectivity index (χ1v) is 8.90. The van der Waals surface area contributed by atoms with Gasteiger partial charge in [0.05, 0.1) is 31.2 Å². The van der Waals surface area contributed by atoms with Crippen molar-refractivity contribution in [2.45, 2.75) is 12.5 Å². The van der Waals surface area contributed by atoms with Crippen molar-refractivity contribution in [2.24, 2.45) is 0 Å². The molecule has 2 heterocycles. The zero-order chi connectivity index (χ0) is 16.6. The maximum Gasteiger partial charge on any atom is 0.225 e. The number of sulfone groups is 1. The fraction of sp³-hybridized carbons (Fsp3) is 0.429. The highest BCUT2D eigenvalue weighted by Gasteiger charge is 2.28. The maximum atomic E-state index is 11.5. The summed E-state index contributed by atoms with van der Waals surface area (Å²) in [6.45, 7) is 0. The summed E-state index contributed by atoms with van der Waals surface area (Å²) in [7, 11) is 0.104. The number of nitrogens with zero attached hydrogens (tertiary/aromatic N) is 2. The lowest BCUT2D eigenvalue weighted by atomic mass is 10.2. The predicted octanol–water partition coefficient (Wildman–Crippen LogP) is 0.828. The zero-order valence-corrected chi connectivity index (χ0v) is 13.7. The van der Waals surface area contributed by atoms with Gasteiger partial charge in [-0.15, -0.1) is 0 Å². The van der Waals surface area contributed by atoms with E-state index in [1.54, 1.807) is 12.1 Å². The van der Waals surface area contributed by atoms with E-state index in [0.29, 0.717) is 40.6 Å². The van der Waals surface area contributed by atoms with Crippen LogP contribution in [0.2, 0.25) is 0 Å². The highest BCUT2D eigenvalue weighted by molar-refractivity contribution is 7.91. The minimum atomic E-state index is -2.97. The van der Waals surface area contributed by atoms with Crippen LogP contribution in [0.3, 0.4) is 0 Å². The Bertz CT molecular complexity index is 853. The van der Waals surface area contributed by atoms with Crippen molar-refractivity contribution in [3.63, 3.8) is 0 Å². The average molecular weight is 338 g/mol. The Morgan fingerprint density at radius 2 is 1.91 bits per heavy atom. The van der Waals surface area contributed by atoms with E-state index >= 15 is 0 Å². The lowest BCUT2D eigenvalue weighted by Crippen LogP contribution is -2.22. The molecule has 0 spiro atoms. The molecule has 23 heavy (non-hydrogen) atoms. The van der Waals surface area contributed by atoms with Crippen LogP contribution in [0.1, 0.15) is 6.42 Å².